The van der Waals surface area contributed by atoms with Crippen molar-refractivity contribution < 1.29 is 19.4 Å². The third-order valence-corrected chi connectivity index (χ3v) is 6.02. The summed E-state index contributed by atoms with van der Waals surface area (Å²) in [6.45, 7) is 10.4. The van der Waals surface area contributed by atoms with Gasteiger partial charge in [0.1, 0.15) is 34.2 Å². The van der Waals surface area contributed by atoms with Crippen molar-refractivity contribution in [3.63, 3.8) is 0 Å². The zero-order valence-corrected chi connectivity index (χ0v) is 20.0. The van der Waals surface area contributed by atoms with Gasteiger partial charge in [0.2, 0.25) is 0 Å². The number of fused-ring (bicyclic) bond motifs is 3. The fraction of sp³-hybridized carbons (Fsp3) is 0.310. The normalized spacial score (nSPS) is 16.9. The van der Waals surface area contributed by atoms with Crippen molar-refractivity contribution in [3.05, 3.63) is 70.8 Å². The molecule has 4 nitrogen and oxygen atoms in total. The number of hydrogen-bond donors (Lipinski definition) is 2. The van der Waals surface area contributed by atoms with Gasteiger partial charge in [-0.2, -0.15) is 0 Å². The highest BCUT2D eigenvalue weighted by atomic mass is 16.5. The Bertz CT molecular complexity index is 1280. The summed E-state index contributed by atoms with van der Waals surface area (Å²) in [7, 11) is 0. The first-order valence-corrected chi connectivity index (χ1v) is 11.4. The number of allylic oxidation sites excluding steroid dienone is 4. The lowest BCUT2D eigenvalue weighted by atomic mass is 9.94. The van der Waals surface area contributed by atoms with Crippen LogP contribution in [0.25, 0.3) is 28.4 Å². The largest absolute Gasteiger partial charge is 0.508 e. The molecule has 3 aromatic rings. The van der Waals surface area contributed by atoms with Gasteiger partial charge in [0.25, 0.3) is 0 Å². The number of hydrogen-bond acceptors (Lipinski definition) is 4. The van der Waals surface area contributed by atoms with Crippen molar-refractivity contribution in [1.29, 1.82) is 0 Å². The molecule has 0 spiro atoms. The van der Waals surface area contributed by atoms with Gasteiger partial charge >= 0.3 is 0 Å². The molecule has 1 atom stereocenters. The fourth-order valence-corrected chi connectivity index (χ4v) is 4.20. The summed E-state index contributed by atoms with van der Waals surface area (Å²) in [5.41, 5.74) is 5.15. The van der Waals surface area contributed by atoms with Crippen LogP contribution in [0.4, 0.5) is 0 Å². The second-order valence-corrected chi connectivity index (χ2v) is 9.55. The summed E-state index contributed by atoms with van der Waals surface area (Å²) in [4.78, 5) is 0. The van der Waals surface area contributed by atoms with Gasteiger partial charge in [0.05, 0.1) is 5.56 Å². The number of furan rings is 1. The van der Waals surface area contributed by atoms with Crippen LogP contribution in [-0.2, 0) is 6.42 Å². The number of ether oxygens (including phenoxy) is 1. The molecule has 1 aliphatic rings. The molecule has 1 aromatic heterocycles. The lowest BCUT2D eigenvalue weighted by Crippen LogP contribution is -2.31. The smallest absolute Gasteiger partial charge is 0.145 e. The summed E-state index contributed by atoms with van der Waals surface area (Å²) < 4.78 is 12.7. The number of aromatic hydroxyl groups is 2. The van der Waals surface area contributed by atoms with Gasteiger partial charge in [-0.15, -0.1) is 0 Å². The van der Waals surface area contributed by atoms with E-state index < -0.39 is 0 Å². The predicted molar refractivity (Wildman–Crippen MR) is 135 cm³/mol. The fourth-order valence-electron chi connectivity index (χ4n) is 4.20. The molecule has 0 saturated heterocycles. The Kier molecular flexibility index (Phi) is 6.11. The van der Waals surface area contributed by atoms with Gasteiger partial charge in [0, 0.05) is 22.6 Å². The lowest BCUT2D eigenvalue weighted by Gasteiger charge is -2.31. The van der Waals surface area contributed by atoms with Crippen LogP contribution < -0.4 is 4.74 Å². The van der Waals surface area contributed by atoms with E-state index in [0.29, 0.717) is 17.7 Å². The van der Waals surface area contributed by atoms with E-state index in [2.05, 4.69) is 39.0 Å². The molecule has 0 saturated carbocycles. The summed E-state index contributed by atoms with van der Waals surface area (Å²) in [6, 6.07) is 8.95. The molecule has 2 N–H and O–H groups in total. The van der Waals surface area contributed by atoms with Crippen molar-refractivity contribution in [2.45, 2.75) is 59.5 Å². The molecule has 0 bridgehead atoms. The Morgan fingerprint density at radius 3 is 2.48 bits per heavy atom. The summed E-state index contributed by atoms with van der Waals surface area (Å²) >= 11 is 0. The average molecular weight is 445 g/mol. The van der Waals surface area contributed by atoms with Crippen molar-refractivity contribution in [1.82, 2.24) is 0 Å². The van der Waals surface area contributed by atoms with E-state index >= 15 is 0 Å². The molecular weight excluding hydrogens is 412 g/mol. The Balaban J connectivity index is 1.73. The first-order valence-electron chi connectivity index (χ1n) is 11.4. The van der Waals surface area contributed by atoms with Gasteiger partial charge < -0.3 is 19.4 Å². The van der Waals surface area contributed by atoms with Crippen LogP contribution in [0.3, 0.4) is 0 Å². The zero-order valence-electron chi connectivity index (χ0n) is 20.0. The van der Waals surface area contributed by atoms with Gasteiger partial charge in [-0.3, -0.25) is 0 Å². The molecule has 2 aromatic carbocycles. The SMILES string of the molecule is CC(C)=CCCC1(C)C=Cc2c(ccc3cc(-c4cc(O)cc(O)c4CC=C(C)C)oc23)O1. The van der Waals surface area contributed by atoms with Crippen LogP contribution in [-0.4, -0.2) is 15.8 Å². The second-order valence-electron chi connectivity index (χ2n) is 9.55. The predicted octanol–water partition coefficient (Wildman–Crippen LogP) is 7.93. The van der Waals surface area contributed by atoms with Crippen LogP contribution in [0.5, 0.6) is 17.2 Å². The van der Waals surface area contributed by atoms with Crippen molar-refractivity contribution in [2.24, 2.45) is 0 Å². The standard InChI is InChI=1S/C29H32O4/c1-18(2)7-6-13-29(5)14-12-23-26(33-29)11-9-20-15-27(32-28(20)23)24-16-21(30)17-25(31)22(24)10-8-19(3)4/h7-9,11-12,14-17,30-31H,6,10,13H2,1-5H3. The summed E-state index contributed by atoms with van der Waals surface area (Å²) in [5, 5.41) is 21.6. The van der Waals surface area contributed by atoms with Gasteiger partial charge in [-0.1, -0.05) is 23.3 Å². The Morgan fingerprint density at radius 1 is 1.00 bits per heavy atom. The maximum atomic E-state index is 10.5. The minimum absolute atomic E-state index is 0.00120. The van der Waals surface area contributed by atoms with E-state index in [1.807, 2.05) is 38.1 Å². The number of phenolic OH excluding ortho intramolecular Hbond substituents is 2. The molecular formula is C29H32O4. The number of rotatable bonds is 6. The molecule has 33 heavy (non-hydrogen) atoms. The van der Waals surface area contributed by atoms with E-state index in [4.69, 9.17) is 9.15 Å². The highest BCUT2D eigenvalue weighted by Crippen LogP contribution is 2.42. The topological polar surface area (TPSA) is 62.8 Å². The maximum Gasteiger partial charge on any atom is 0.145 e. The third kappa shape index (κ3) is 4.85. The van der Waals surface area contributed by atoms with Crippen LogP contribution in [0.15, 0.2) is 64.1 Å². The lowest BCUT2D eigenvalue weighted by molar-refractivity contribution is 0.129. The molecule has 0 fully saturated rings. The van der Waals surface area contributed by atoms with Gasteiger partial charge in [0.15, 0.2) is 0 Å². The Labute approximate surface area is 195 Å². The van der Waals surface area contributed by atoms with Crippen LogP contribution in [0.2, 0.25) is 0 Å². The Morgan fingerprint density at radius 2 is 1.76 bits per heavy atom. The molecule has 0 amide bonds. The molecule has 172 valence electrons. The van der Waals surface area contributed by atoms with Crippen molar-refractivity contribution in [3.8, 4) is 28.6 Å². The highest BCUT2D eigenvalue weighted by molar-refractivity contribution is 5.93. The number of phenols is 2. The number of benzene rings is 2. The van der Waals surface area contributed by atoms with Crippen molar-refractivity contribution in [2.75, 3.05) is 0 Å². The zero-order chi connectivity index (χ0) is 23.8. The molecule has 0 radical (unpaired) electrons. The average Bonchev–Trinajstić information content (AvgIpc) is 3.16. The van der Waals surface area contributed by atoms with Crippen molar-refractivity contribution >= 4 is 17.0 Å². The van der Waals surface area contributed by atoms with Crippen LogP contribution in [0.1, 0.15) is 58.6 Å². The monoisotopic (exact) mass is 444 g/mol. The molecule has 2 heterocycles. The van der Waals surface area contributed by atoms with Gasteiger partial charge in [-0.05, 0) is 90.3 Å². The molecule has 1 unspecified atom stereocenters. The maximum absolute atomic E-state index is 10.5. The van der Waals surface area contributed by atoms with E-state index in [9.17, 15) is 10.2 Å². The highest BCUT2D eigenvalue weighted by Gasteiger charge is 2.28. The first-order chi connectivity index (χ1) is 15.6. The summed E-state index contributed by atoms with van der Waals surface area (Å²) in [6.07, 6.45) is 10.9. The first kappa shape index (κ1) is 22.8. The molecule has 4 heteroatoms. The quantitative estimate of drug-likeness (QED) is 0.379. The second kappa shape index (κ2) is 8.86. The van der Waals surface area contributed by atoms with Gasteiger partial charge in [-0.25, -0.2) is 0 Å². The minimum Gasteiger partial charge on any atom is -0.508 e. The third-order valence-electron chi connectivity index (χ3n) is 6.02. The Hall–Kier alpha value is -3.40. The minimum atomic E-state index is -0.365. The van der Waals surface area contributed by atoms with E-state index in [1.54, 1.807) is 6.07 Å². The summed E-state index contributed by atoms with van der Waals surface area (Å²) in [5.74, 6) is 1.46. The van der Waals surface area contributed by atoms with Crippen LogP contribution in [0, 0.1) is 0 Å². The van der Waals surface area contributed by atoms with E-state index in [0.717, 1.165) is 46.3 Å². The van der Waals surface area contributed by atoms with E-state index in [1.165, 1.54) is 11.6 Å². The van der Waals surface area contributed by atoms with E-state index in [-0.39, 0.29) is 17.1 Å². The molecule has 1 aliphatic heterocycles. The molecule has 4 rings (SSSR count). The van der Waals surface area contributed by atoms with Crippen LogP contribution >= 0.6 is 0 Å². The molecule has 0 aliphatic carbocycles.